The Balaban J connectivity index is 1.52. The first-order valence-corrected chi connectivity index (χ1v) is 18.0. The van der Waals surface area contributed by atoms with Crippen molar-refractivity contribution in [2.45, 2.75) is 161 Å². The summed E-state index contributed by atoms with van der Waals surface area (Å²) in [6, 6.07) is -0.163. The Bertz CT molecular complexity index is 1190. The maximum Gasteiger partial charge on any atom is 0.316 e. The number of carbonyl (C=O) groups excluding carboxylic acids is 3. The molecule has 0 saturated carbocycles. The first-order valence-electron chi connectivity index (χ1n) is 18.0. The van der Waals surface area contributed by atoms with Gasteiger partial charge in [-0.2, -0.15) is 0 Å². The van der Waals surface area contributed by atoms with E-state index in [-0.39, 0.29) is 42.0 Å². The number of rotatable bonds is 6. The van der Waals surface area contributed by atoms with Crippen molar-refractivity contribution < 1.29 is 52.3 Å². The van der Waals surface area contributed by atoms with Crippen LogP contribution in [0.3, 0.4) is 0 Å². The highest BCUT2D eigenvalue weighted by Crippen LogP contribution is 2.50. The van der Waals surface area contributed by atoms with E-state index in [2.05, 4.69) is 11.8 Å². The maximum atomic E-state index is 14.2. The molecule has 48 heavy (non-hydrogen) atoms. The Morgan fingerprint density at radius 3 is 2.29 bits per heavy atom. The van der Waals surface area contributed by atoms with Crippen LogP contribution >= 0.6 is 0 Å². The molecule has 5 heterocycles. The molecule has 0 aliphatic carbocycles. The fraction of sp³-hybridized carbons (Fsp3) is 0.917. The molecule has 0 N–H and O–H groups in total. The summed E-state index contributed by atoms with van der Waals surface area (Å²) >= 11 is 0. The maximum absolute atomic E-state index is 14.2. The molecule has 5 saturated heterocycles. The van der Waals surface area contributed by atoms with Gasteiger partial charge in [-0.05, 0) is 66.7 Å². The van der Waals surface area contributed by atoms with Gasteiger partial charge in [0.15, 0.2) is 24.0 Å². The molecule has 0 spiro atoms. The number of cyclic esters (lactones) is 1. The predicted octanol–water partition coefficient (Wildman–Crippen LogP) is 4.05. The highest BCUT2D eigenvalue weighted by atomic mass is 16.8. The van der Waals surface area contributed by atoms with Gasteiger partial charge in [0.05, 0.1) is 49.3 Å². The van der Waals surface area contributed by atoms with E-state index in [1.165, 1.54) is 6.92 Å². The largest absolute Gasteiger partial charge is 0.458 e. The monoisotopic (exact) mass is 681 g/mol. The molecular formula is C36H59NO11. The van der Waals surface area contributed by atoms with Crippen molar-refractivity contribution in [1.29, 1.82) is 0 Å². The number of morpholine rings is 1. The minimum atomic E-state index is -1.07. The van der Waals surface area contributed by atoms with Crippen LogP contribution in [0.4, 0.5) is 0 Å². The van der Waals surface area contributed by atoms with E-state index in [1.54, 1.807) is 13.8 Å². The van der Waals surface area contributed by atoms with Gasteiger partial charge in [-0.1, -0.05) is 27.7 Å². The molecule has 6 unspecified atom stereocenters. The van der Waals surface area contributed by atoms with Gasteiger partial charge in [-0.25, -0.2) is 0 Å². The number of Topliss-reactive ketones (excluding diaryl/α,β-unsaturated/α-hetero) is 1. The second kappa shape index (κ2) is 14.2. The van der Waals surface area contributed by atoms with Gasteiger partial charge in [-0.3, -0.25) is 19.3 Å². The summed E-state index contributed by atoms with van der Waals surface area (Å²) in [5, 5.41) is 0. The fourth-order valence-electron chi connectivity index (χ4n) is 9.31. The molecule has 5 aliphatic heterocycles. The van der Waals surface area contributed by atoms with E-state index in [0.29, 0.717) is 45.6 Å². The predicted molar refractivity (Wildman–Crippen MR) is 174 cm³/mol. The highest BCUT2D eigenvalue weighted by molar-refractivity contribution is 6.00. The number of hydrogen-bond acceptors (Lipinski definition) is 12. The van der Waals surface area contributed by atoms with E-state index in [0.717, 1.165) is 0 Å². The van der Waals surface area contributed by atoms with Crippen LogP contribution in [0.15, 0.2) is 0 Å². The summed E-state index contributed by atoms with van der Waals surface area (Å²) in [4.78, 5) is 42.9. The van der Waals surface area contributed by atoms with Crippen LogP contribution in [0, 0.1) is 23.7 Å². The molecule has 5 aliphatic rings. The molecule has 12 heteroatoms. The van der Waals surface area contributed by atoms with Crippen molar-refractivity contribution >= 4 is 17.7 Å². The van der Waals surface area contributed by atoms with Crippen LogP contribution in [0.5, 0.6) is 0 Å². The molecule has 14 atom stereocenters. The third kappa shape index (κ3) is 7.22. The zero-order valence-electron chi connectivity index (χ0n) is 30.8. The van der Waals surface area contributed by atoms with Gasteiger partial charge in [-0.15, -0.1) is 0 Å². The molecule has 12 nitrogen and oxygen atoms in total. The lowest BCUT2D eigenvalue weighted by Gasteiger charge is -2.48. The Labute approximate surface area is 286 Å². The van der Waals surface area contributed by atoms with Crippen molar-refractivity contribution in [3.8, 4) is 0 Å². The first kappa shape index (κ1) is 37.6. The van der Waals surface area contributed by atoms with Gasteiger partial charge in [0.25, 0.3) is 0 Å². The Kier molecular flexibility index (Phi) is 11.1. The van der Waals surface area contributed by atoms with E-state index in [1.807, 2.05) is 48.5 Å². The number of fused-ring (bicyclic) bond motifs is 2. The number of ether oxygens (including phenoxy) is 8. The van der Waals surface area contributed by atoms with Gasteiger partial charge in [0, 0.05) is 31.8 Å². The second-order valence-corrected chi connectivity index (χ2v) is 15.8. The standard InChI is InChI=1S/C36H59NO11/c1-12-26-36(11,48-34(8,9)46-26)31-23(6)28-19(2)18-35(10,47-28)30(21(4)27(39)22(5)32(40)44-31)45-33-29(43-24(7)38)25(17-20(3)42-33)37-13-15-41-16-14-37/h19-23,25-26,28-31,33H,12-18H2,1-11H3/t19?,20?,21-,22+,23-,25?,26+,28?,29?,30+,31+,33-,35?,36+/m0/s1. The summed E-state index contributed by atoms with van der Waals surface area (Å²) in [6.07, 6.45) is -2.29. The van der Waals surface area contributed by atoms with Crippen LogP contribution in [-0.2, 0) is 52.3 Å². The number of carbonyl (C=O) groups is 3. The smallest absolute Gasteiger partial charge is 0.316 e. The van der Waals surface area contributed by atoms with Crippen LogP contribution in [0.1, 0.15) is 95.4 Å². The van der Waals surface area contributed by atoms with E-state index >= 15 is 0 Å². The van der Waals surface area contributed by atoms with E-state index < -0.39 is 65.4 Å². The van der Waals surface area contributed by atoms with Crippen molar-refractivity contribution in [1.82, 2.24) is 4.90 Å². The lowest BCUT2D eigenvalue weighted by molar-refractivity contribution is -0.300. The minimum Gasteiger partial charge on any atom is -0.458 e. The third-order valence-electron chi connectivity index (χ3n) is 11.4. The quantitative estimate of drug-likeness (QED) is 0.297. The van der Waals surface area contributed by atoms with Gasteiger partial charge in [0.2, 0.25) is 0 Å². The number of nitrogens with zero attached hydrogens (tertiary/aromatic N) is 1. The molecule has 274 valence electrons. The molecule has 2 bridgehead atoms. The van der Waals surface area contributed by atoms with Crippen LogP contribution in [0.25, 0.3) is 0 Å². The van der Waals surface area contributed by atoms with Crippen LogP contribution in [0.2, 0.25) is 0 Å². The summed E-state index contributed by atoms with van der Waals surface area (Å²) in [7, 11) is 0. The van der Waals surface area contributed by atoms with Gasteiger partial charge in [0.1, 0.15) is 17.6 Å². The first-order chi connectivity index (χ1) is 22.4. The Morgan fingerprint density at radius 2 is 1.67 bits per heavy atom. The SMILES string of the molecule is CC[C@H]1OC(C)(C)O[C@@]1(C)[C@@H]1OC(=O)[C@H](C)C(=O)[C@H](C)[C@@H](O[C@@H]2OC(C)CC(N3CCOCC3)C2OC(C)=O)C2(C)CC(C)C(O2)[C@@H]1C. The lowest BCUT2D eigenvalue weighted by Crippen LogP contribution is -2.61. The van der Waals surface area contributed by atoms with Crippen molar-refractivity contribution in [3.63, 3.8) is 0 Å². The average Bonchev–Trinajstić information content (AvgIpc) is 3.47. The lowest BCUT2D eigenvalue weighted by atomic mass is 9.76. The normalized spacial score (nSPS) is 47.3. The van der Waals surface area contributed by atoms with E-state index in [9.17, 15) is 14.4 Å². The highest BCUT2D eigenvalue weighted by Gasteiger charge is 2.62. The van der Waals surface area contributed by atoms with Crippen molar-refractivity contribution in [3.05, 3.63) is 0 Å². The molecule has 5 fully saturated rings. The average molecular weight is 682 g/mol. The van der Waals surface area contributed by atoms with Gasteiger partial charge < -0.3 is 37.9 Å². The number of hydrogen-bond donors (Lipinski definition) is 0. The molecule has 0 aromatic heterocycles. The fourth-order valence-corrected chi connectivity index (χ4v) is 9.31. The van der Waals surface area contributed by atoms with Gasteiger partial charge >= 0.3 is 11.9 Å². The summed E-state index contributed by atoms with van der Waals surface area (Å²) in [5.74, 6) is -4.41. The molecule has 0 aromatic carbocycles. The summed E-state index contributed by atoms with van der Waals surface area (Å²) in [5.41, 5.74) is -1.92. The number of esters is 2. The third-order valence-corrected chi connectivity index (χ3v) is 11.4. The van der Waals surface area contributed by atoms with Crippen molar-refractivity contribution in [2.75, 3.05) is 26.3 Å². The van der Waals surface area contributed by atoms with E-state index in [4.69, 9.17) is 37.9 Å². The number of ketones is 1. The molecule has 0 amide bonds. The van der Waals surface area contributed by atoms with Crippen LogP contribution < -0.4 is 0 Å². The zero-order valence-corrected chi connectivity index (χ0v) is 30.8. The Morgan fingerprint density at radius 1 is 1.00 bits per heavy atom. The zero-order chi connectivity index (χ0) is 35.3. The topological polar surface area (TPSA) is 128 Å². The molecular weight excluding hydrogens is 622 g/mol. The van der Waals surface area contributed by atoms with Crippen molar-refractivity contribution in [2.24, 2.45) is 23.7 Å². The van der Waals surface area contributed by atoms with Crippen LogP contribution in [-0.4, -0.2) is 115 Å². The molecule has 0 radical (unpaired) electrons. The Hall–Kier alpha value is -1.67. The molecule has 5 rings (SSSR count). The summed E-state index contributed by atoms with van der Waals surface area (Å²) < 4.78 is 51.1. The summed E-state index contributed by atoms with van der Waals surface area (Å²) in [6.45, 7) is 23.1. The molecule has 0 aromatic rings. The minimum absolute atomic E-state index is 0.0204. The second-order valence-electron chi connectivity index (χ2n) is 15.8.